The number of rotatable bonds is 6. The molecule has 13 heteroatoms. The maximum absolute atomic E-state index is 12.8. The molecular weight excluding hydrogens is 484 g/mol. The molecule has 0 amide bonds. The minimum Gasteiger partial charge on any atom is -0.378 e. The number of allylic oxidation sites excluding steroid dienone is 4. The molecule has 1 fully saturated rings. The van der Waals surface area contributed by atoms with Crippen molar-refractivity contribution in [3.8, 4) is 0 Å². The van der Waals surface area contributed by atoms with Crippen LogP contribution in [0.25, 0.3) is 11.6 Å². The van der Waals surface area contributed by atoms with Gasteiger partial charge in [0.05, 0.1) is 13.2 Å². The van der Waals surface area contributed by atoms with E-state index in [9.17, 15) is 25.9 Å². The Bertz CT molecular complexity index is 1320. The number of anilines is 1. The van der Waals surface area contributed by atoms with E-state index in [4.69, 9.17) is 4.74 Å². The quantitative estimate of drug-likeness (QED) is 0.546. The lowest BCUT2D eigenvalue weighted by Gasteiger charge is -2.35. The van der Waals surface area contributed by atoms with Gasteiger partial charge in [-0.05, 0) is 5.56 Å². The van der Waals surface area contributed by atoms with Crippen molar-refractivity contribution >= 4 is 37.8 Å². The fraction of sp³-hybridized carbons (Fsp3) is 0.286. The minimum absolute atomic E-state index is 0.180. The molecule has 4 rings (SSSR count). The van der Waals surface area contributed by atoms with Crippen LogP contribution in [0.1, 0.15) is 11.4 Å². The molecule has 180 valence electrons. The zero-order valence-electron chi connectivity index (χ0n) is 17.8. The van der Waals surface area contributed by atoms with E-state index in [1.807, 2.05) is 0 Å². The Morgan fingerprint density at radius 3 is 2.35 bits per heavy atom. The third kappa shape index (κ3) is 4.40. The first-order valence-electron chi connectivity index (χ1n) is 10.2. The first-order valence-corrected chi connectivity index (χ1v) is 13.1. The van der Waals surface area contributed by atoms with Crippen LogP contribution in [0, 0.1) is 5.92 Å². The van der Waals surface area contributed by atoms with Crippen LogP contribution in [0.2, 0.25) is 0 Å². The lowest BCUT2D eigenvalue weighted by Crippen LogP contribution is -2.53. The molecule has 1 aromatic heterocycles. The summed E-state index contributed by atoms with van der Waals surface area (Å²) in [6.45, 7) is 1.79. The van der Waals surface area contributed by atoms with Crippen molar-refractivity contribution in [3.63, 3.8) is 0 Å². The average Bonchev–Trinajstić information content (AvgIpc) is 2.82. The molecule has 2 N–H and O–H groups in total. The molecule has 2 heterocycles. The van der Waals surface area contributed by atoms with Gasteiger partial charge >= 0.3 is 0 Å². The van der Waals surface area contributed by atoms with Gasteiger partial charge in [0, 0.05) is 24.6 Å². The van der Waals surface area contributed by atoms with E-state index >= 15 is 0 Å². The molecule has 1 aliphatic carbocycles. The van der Waals surface area contributed by atoms with Crippen LogP contribution in [0.15, 0.2) is 61.0 Å². The summed E-state index contributed by atoms with van der Waals surface area (Å²) in [6, 6.07) is 8.73. The third-order valence-electron chi connectivity index (χ3n) is 5.55. The monoisotopic (exact) mass is 506 g/mol. The lowest BCUT2D eigenvalue weighted by molar-refractivity contribution is 0.122. The van der Waals surface area contributed by atoms with Crippen molar-refractivity contribution in [1.29, 1.82) is 0 Å². The number of nitrogens with zero attached hydrogens (tertiary/aromatic N) is 4. The molecule has 11 nitrogen and oxygen atoms in total. The summed E-state index contributed by atoms with van der Waals surface area (Å²) in [6.07, 6.45) is 7.71. The van der Waals surface area contributed by atoms with Crippen LogP contribution in [0.3, 0.4) is 0 Å². The van der Waals surface area contributed by atoms with Gasteiger partial charge in [0.25, 0.3) is 24.3 Å². The van der Waals surface area contributed by atoms with Crippen molar-refractivity contribution in [2.24, 2.45) is 5.92 Å². The average molecular weight is 507 g/mol. The van der Waals surface area contributed by atoms with Crippen LogP contribution in [0.5, 0.6) is 0 Å². The van der Waals surface area contributed by atoms with E-state index in [2.05, 4.69) is 15.0 Å². The second-order valence-corrected chi connectivity index (χ2v) is 11.0. The van der Waals surface area contributed by atoms with Gasteiger partial charge in [-0.1, -0.05) is 60.7 Å². The maximum atomic E-state index is 12.8. The molecule has 2 aliphatic rings. The van der Waals surface area contributed by atoms with Crippen LogP contribution < -0.4 is 4.90 Å². The Morgan fingerprint density at radius 1 is 1.03 bits per heavy atom. The van der Waals surface area contributed by atoms with Crippen molar-refractivity contribution in [2.75, 3.05) is 31.2 Å². The Labute approximate surface area is 197 Å². The van der Waals surface area contributed by atoms with Gasteiger partial charge in [0.1, 0.15) is 6.33 Å². The van der Waals surface area contributed by atoms with Crippen molar-refractivity contribution in [2.45, 2.75) is 4.08 Å². The SMILES string of the molecule is O=S(=O)(O)C1(S(=O)(=O)O)C(c2ncnc(N3CCOCC3)n2)=CC=CC1C=Cc1ccccc1. The Balaban J connectivity index is 1.87. The molecule has 0 spiro atoms. The van der Waals surface area contributed by atoms with Gasteiger partial charge in [-0.2, -0.15) is 21.8 Å². The van der Waals surface area contributed by atoms with Gasteiger partial charge in [-0.15, -0.1) is 0 Å². The van der Waals surface area contributed by atoms with Gasteiger partial charge in [0.2, 0.25) is 5.95 Å². The lowest BCUT2D eigenvalue weighted by atomic mass is 9.91. The van der Waals surface area contributed by atoms with E-state index < -0.39 is 35.8 Å². The van der Waals surface area contributed by atoms with Crippen LogP contribution >= 0.6 is 0 Å². The van der Waals surface area contributed by atoms with E-state index in [1.54, 1.807) is 35.2 Å². The van der Waals surface area contributed by atoms with Crippen molar-refractivity contribution in [1.82, 2.24) is 15.0 Å². The summed E-state index contributed by atoms with van der Waals surface area (Å²) >= 11 is 0. The predicted octanol–water partition coefficient (Wildman–Crippen LogP) is 1.46. The molecule has 1 aromatic carbocycles. The molecule has 1 saturated heterocycles. The molecule has 2 aromatic rings. The minimum atomic E-state index is -5.48. The molecule has 1 atom stereocenters. The highest BCUT2D eigenvalue weighted by Crippen LogP contribution is 2.46. The molecule has 1 aliphatic heterocycles. The molecule has 34 heavy (non-hydrogen) atoms. The third-order valence-corrected chi connectivity index (χ3v) is 9.33. The van der Waals surface area contributed by atoms with Crippen molar-refractivity contribution < 1.29 is 30.7 Å². The fourth-order valence-corrected chi connectivity index (χ4v) is 6.92. The second kappa shape index (κ2) is 9.35. The number of hydrogen-bond donors (Lipinski definition) is 2. The number of morpholine rings is 1. The van der Waals surface area contributed by atoms with Gasteiger partial charge < -0.3 is 9.64 Å². The normalized spacial score (nSPS) is 20.9. The highest BCUT2D eigenvalue weighted by molar-refractivity contribution is 8.06. The number of aromatic nitrogens is 3. The first-order chi connectivity index (χ1) is 16.1. The van der Waals surface area contributed by atoms with Crippen LogP contribution in [0.4, 0.5) is 5.95 Å². The summed E-state index contributed by atoms with van der Waals surface area (Å²) in [5, 5.41) is 0. The highest BCUT2D eigenvalue weighted by atomic mass is 32.3. The molecule has 1 unspecified atom stereocenters. The first kappa shape index (κ1) is 24.2. The standard InChI is InChI=1S/C21H22N4O7S2/c26-33(27,28)21(34(29,30)31)17(10-9-16-5-2-1-3-6-16)7-4-8-18(21)19-22-15-23-20(24-19)25-11-13-32-14-12-25/h1-10,15,17H,11-14H2,(H,26,27,28)(H,29,30,31). The fourth-order valence-electron chi connectivity index (χ4n) is 3.98. The topological polar surface area (TPSA) is 160 Å². The smallest absolute Gasteiger partial charge is 0.293 e. The van der Waals surface area contributed by atoms with E-state index in [-0.39, 0.29) is 11.8 Å². The van der Waals surface area contributed by atoms with E-state index in [0.29, 0.717) is 31.9 Å². The summed E-state index contributed by atoms with van der Waals surface area (Å²) in [5.74, 6) is -1.63. The predicted molar refractivity (Wildman–Crippen MR) is 125 cm³/mol. The van der Waals surface area contributed by atoms with Crippen LogP contribution in [-0.4, -0.2) is 71.3 Å². The maximum Gasteiger partial charge on any atom is 0.293 e. The number of ether oxygens (including phenoxy) is 1. The second-order valence-electron chi connectivity index (χ2n) is 7.59. The van der Waals surface area contributed by atoms with Gasteiger partial charge in [0.15, 0.2) is 5.82 Å². The number of benzene rings is 1. The molecule has 0 bridgehead atoms. The molecule has 0 radical (unpaired) electrons. The largest absolute Gasteiger partial charge is 0.378 e. The zero-order chi connectivity index (χ0) is 24.4. The summed E-state index contributed by atoms with van der Waals surface area (Å²) in [4.78, 5) is 14.1. The zero-order valence-corrected chi connectivity index (χ0v) is 19.4. The Hall–Kier alpha value is -2.97. The van der Waals surface area contributed by atoms with E-state index in [1.165, 1.54) is 24.3 Å². The van der Waals surface area contributed by atoms with Gasteiger partial charge in [-0.3, -0.25) is 9.11 Å². The molecular formula is C21H22N4O7S2. The van der Waals surface area contributed by atoms with Crippen LogP contribution in [-0.2, 0) is 25.0 Å². The molecule has 0 saturated carbocycles. The van der Waals surface area contributed by atoms with Gasteiger partial charge in [-0.25, -0.2) is 9.97 Å². The Kier molecular flexibility index (Phi) is 6.64. The Morgan fingerprint density at radius 2 is 1.71 bits per heavy atom. The summed E-state index contributed by atoms with van der Waals surface area (Å²) in [7, 11) is -11.0. The summed E-state index contributed by atoms with van der Waals surface area (Å²) in [5.41, 5.74) is 0.154. The highest BCUT2D eigenvalue weighted by Gasteiger charge is 2.63. The van der Waals surface area contributed by atoms with Crippen molar-refractivity contribution in [3.05, 3.63) is 72.4 Å². The summed E-state index contributed by atoms with van der Waals surface area (Å²) < 4.78 is 73.7. The van der Waals surface area contributed by atoms with E-state index in [0.717, 1.165) is 12.4 Å². The number of hydrogen-bond acceptors (Lipinski definition) is 9.